The van der Waals surface area contributed by atoms with Gasteiger partial charge in [0.2, 0.25) is 5.88 Å². The van der Waals surface area contributed by atoms with Crippen LogP contribution < -0.4 is 10.5 Å². The summed E-state index contributed by atoms with van der Waals surface area (Å²) in [7, 11) is 0. The molecule has 1 fully saturated rings. The Kier molecular flexibility index (Phi) is 5.91. The third-order valence-electron chi connectivity index (χ3n) is 6.16. The zero-order chi connectivity index (χ0) is 23.9. The number of nitrogens with zero attached hydrogens (tertiary/aromatic N) is 3. The van der Waals surface area contributed by atoms with Crippen LogP contribution in [0.3, 0.4) is 0 Å². The predicted octanol–water partition coefficient (Wildman–Crippen LogP) is 6.74. The van der Waals surface area contributed by atoms with E-state index < -0.39 is 11.7 Å². The molecule has 2 aromatic carbocycles. The number of alkyl halides is 3. The van der Waals surface area contributed by atoms with Gasteiger partial charge >= 0.3 is 6.18 Å². The van der Waals surface area contributed by atoms with Crippen LogP contribution in [0.15, 0.2) is 54.7 Å². The lowest BCUT2D eigenvalue weighted by Gasteiger charge is -2.23. The van der Waals surface area contributed by atoms with Gasteiger partial charge in [0.25, 0.3) is 0 Å². The van der Waals surface area contributed by atoms with Gasteiger partial charge < -0.3 is 10.5 Å². The molecule has 5 rings (SSSR count). The lowest BCUT2D eigenvalue weighted by molar-refractivity contribution is -0.137. The maximum Gasteiger partial charge on any atom is 0.416 e. The maximum absolute atomic E-state index is 13.5. The smallest absolute Gasteiger partial charge is 0.416 e. The number of halogens is 3. The highest BCUT2D eigenvalue weighted by Crippen LogP contribution is 2.37. The van der Waals surface area contributed by atoms with E-state index in [2.05, 4.69) is 21.8 Å². The Morgan fingerprint density at radius 3 is 2.79 bits per heavy atom. The molecule has 0 saturated carbocycles. The second kappa shape index (κ2) is 8.88. The molecule has 1 atom stereocenters. The molecule has 5 nitrogen and oxygen atoms in total. The standard InChI is InChI=1S/C25H23F3N4OS/c1-15-4-3-11-32(15)14-17-12-18(25(26,27)28)7-8-19(17)16-9-10-30-22(13-16)33-20-5-2-6-21-23(20)31-24(29)34-21/h2,5-10,12-13,15H,3-4,11,14H2,1H3,(H2,29,31)/t15-/m0/s1. The van der Waals surface area contributed by atoms with E-state index >= 15 is 0 Å². The Bertz CT molecular complexity index is 1340. The molecule has 0 unspecified atom stereocenters. The van der Waals surface area contributed by atoms with Gasteiger partial charge in [0, 0.05) is 24.8 Å². The van der Waals surface area contributed by atoms with E-state index in [1.54, 1.807) is 30.5 Å². The van der Waals surface area contributed by atoms with E-state index in [9.17, 15) is 13.2 Å². The van der Waals surface area contributed by atoms with Crippen molar-refractivity contribution < 1.29 is 17.9 Å². The highest BCUT2D eigenvalue weighted by molar-refractivity contribution is 7.22. The van der Waals surface area contributed by atoms with Crippen LogP contribution >= 0.6 is 11.3 Å². The summed E-state index contributed by atoms with van der Waals surface area (Å²) in [5.74, 6) is 0.852. The van der Waals surface area contributed by atoms with Gasteiger partial charge in [0.05, 0.1) is 10.3 Å². The molecule has 3 heterocycles. The lowest BCUT2D eigenvalue weighted by Crippen LogP contribution is -2.26. The molecule has 176 valence electrons. The van der Waals surface area contributed by atoms with E-state index in [4.69, 9.17) is 10.5 Å². The summed E-state index contributed by atoms with van der Waals surface area (Å²) in [4.78, 5) is 10.9. The first-order valence-electron chi connectivity index (χ1n) is 11.0. The number of anilines is 1. The van der Waals surface area contributed by atoms with Gasteiger partial charge in [0.1, 0.15) is 5.52 Å². The fourth-order valence-electron chi connectivity index (χ4n) is 4.40. The largest absolute Gasteiger partial charge is 0.437 e. The molecule has 0 spiro atoms. The average molecular weight is 485 g/mol. The Morgan fingerprint density at radius 2 is 2.03 bits per heavy atom. The van der Waals surface area contributed by atoms with E-state index in [-0.39, 0.29) is 0 Å². The van der Waals surface area contributed by atoms with Gasteiger partial charge in [-0.15, -0.1) is 0 Å². The molecule has 0 aliphatic carbocycles. The molecule has 1 aliphatic heterocycles. The maximum atomic E-state index is 13.5. The Balaban J connectivity index is 1.51. The predicted molar refractivity (Wildman–Crippen MR) is 128 cm³/mol. The van der Waals surface area contributed by atoms with Crippen molar-refractivity contribution in [2.24, 2.45) is 0 Å². The Hall–Kier alpha value is -3.17. The van der Waals surface area contributed by atoms with E-state index in [1.165, 1.54) is 17.4 Å². The first-order chi connectivity index (χ1) is 16.3. The normalized spacial score (nSPS) is 16.9. The van der Waals surface area contributed by atoms with Crippen LogP contribution in [0.1, 0.15) is 30.9 Å². The zero-order valence-corrected chi connectivity index (χ0v) is 19.3. The number of hydrogen-bond acceptors (Lipinski definition) is 6. The van der Waals surface area contributed by atoms with Crippen molar-refractivity contribution >= 4 is 26.7 Å². The van der Waals surface area contributed by atoms with Crippen molar-refractivity contribution in [3.05, 3.63) is 65.9 Å². The molecule has 0 bridgehead atoms. The summed E-state index contributed by atoms with van der Waals surface area (Å²) in [5, 5.41) is 0.443. The number of nitrogens with two attached hydrogens (primary N) is 1. The van der Waals surface area contributed by atoms with E-state index in [0.717, 1.165) is 41.3 Å². The molecule has 9 heteroatoms. The summed E-state index contributed by atoms with van der Waals surface area (Å²) < 4.78 is 47.3. The third-order valence-corrected chi connectivity index (χ3v) is 7.01. The van der Waals surface area contributed by atoms with Crippen LogP contribution in [-0.2, 0) is 12.7 Å². The fraction of sp³-hybridized carbons (Fsp3) is 0.280. The van der Waals surface area contributed by atoms with Gasteiger partial charge in [-0.1, -0.05) is 23.5 Å². The van der Waals surface area contributed by atoms with Crippen molar-refractivity contribution in [1.82, 2.24) is 14.9 Å². The van der Waals surface area contributed by atoms with Crippen LogP contribution in [-0.4, -0.2) is 27.5 Å². The third kappa shape index (κ3) is 4.58. The summed E-state index contributed by atoms with van der Waals surface area (Å²) >= 11 is 1.37. The van der Waals surface area contributed by atoms with Gasteiger partial charge in [-0.05, 0) is 73.3 Å². The molecule has 1 saturated heterocycles. The van der Waals surface area contributed by atoms with Crippen molar-refractivity contribution in [1.29, 1.82) is 0 Å². The number of thiazole rings is 1. The molecular formula is C25H23F3N4OS. The number of pyridine rings is 1. The number of nitrogen functional groups attached to an aromatic ring is 1. The molecular weight excluding hydrogens is 461 g/mol. The minimum Gasteiger partial charge on any atom is -0.437 e. The topological polar surface area (TPSA) is 64.3 Å². The Labute approximate surface area is 199 Å². The van der Waals surface area contributed by atoms with Crippen molar-refractivity contribution in [3.8, 4) is 22.8 Å². The molecule has 1 aliphatic rings. The van der Waals surface area contributed by atoms with Crippen LogP contribution in [0.4, 0.5) is 18.3 Å². The van der Waals surface area contributed by atoms with E-state index in [1.807, 2.05) is 12.1 Å². The monoisotopic (exact) mass is 484 g/mol. The van der Waals surface area contributed by atoms with Gasteiger partial charge in [0.15, 0.2) is 10.9 Å². The zero-order valence-electron chi connectivity index (χ0n) is 18.5. The fourth-order valence-corrected chi connectivity index (χ4v) is 5.15. The van der Waals surface area contributed by atoms with Gasteiger partial charge in [-0.25, -0.2) is 9.97 Å². The number of para-hydroxylation sites is 1. The average Bonchev–Trinajstić information content (AvgIpc) is 3.38. The van der Waals surface area contributed by atoms with Gasteiger partial charge in [-0.3, -0.25) is 4.90 Å². The number of hydrogen-bond donors (Lipinski definition) is 1. The highest BCUT2D eigenvalue weighted by Gasteiger charge is 2.32. The molecule has 4 aromatic rings. The number of rotatable bonds is 5. The lowest BCUT2D eigenvalue weighted by atomic mass is 9.97. The van der Waals surface area contributed by atoms with Gasteiger partial charge in [-0.2, -0.15) is 13.2 Å². The summed E-state index contributed by atoms with van der Waals surface area (Å²) in [6.07, 6.45) is -0.700. The minimum atomic E-state index is -4.40. The molecule has 0 amide bonds. The number of ether oxygens (including phenoxy) is 1. The second-order valence-corrected chi connectivity index (χ2v) is 9.53. The molecule has 34 heavy (non-hydrogen) atoms. The van der Waals surface area contributed by atoms with Crippen molar-refractivity contribution in [2.75, 3.05) is 12.3 Å². The first-order valence-corrected chi connectivity index (χ1v) is 11.8. The number of likely N-dealkylation sites (tertiary alicyclic amines) is 1. The van der Waals surface area contributed by atoms with Crippen molar-refractivity contribution in [3.63, 3.8) is 0 Å². The van der Waals surface area contributed by atoms with Crippen LogP contribution in [0.2, 0.25) is 0 Å². The summed E-state index contributed by atoms with van der Waals surface area (Å²) in [6, 6.07) is 13.4. The minimum absolute atomic E-state index is 0.331. The molecule has 2 aromatic heterocycles. The van der Waals surface area contributed by atoms with Crippen LogP contribution in [0, 0.1) is 0 Å². The first kappa shape index (κ1) is 22.6. The highest BCUT2D eigenvalue weighted by atomic mass is 32.1. The van der Waals surface area contributed by atoms with Crippen molar-refractivity contribution in [2.45, 2.75) is 38.5 Å². The number of aromatic nitrogens is 2. The molecule has 2 N–H and O–H groups in total. The SMILES string of the molecule is C[C@H]1CCCN1Cc1cc(C(F)(F)F)ccc1-c1ccnc(Oc2cccc3sc(N)nc23)c1. The molecule has 0 radical (unpaired) electrons. The number of fused-ring (bicyclic) bond motifs is 1. The summed E-state index contributed by atoms with van der Waals surface area (Å²) in [6.45, 7) is 3.45. The van der Waals surface area contributed by atoms with E-state index in [0.29, 0.717) is 40.4 Å². The Morgan fingerprint density at radius 1 is 1.18 bits per heavy atom. The summed E-state index contributed by atoms with van der Waals surface area (Å²) in [5.41, 5.74) is 7.96. The number of benzene rings is 2. The second-order valence-electron chi connectivity index (χ2n) is 8.47. The quantitative estimate of drug-likeness (QED) is 0.340. The van der Waals surface area contributed by atoms with Crippen LogP contribution in [0.25, 0.3) is 21.3 Å². The van der Waals surface area contributed by atoms with Crippen LogP contribution in [0.5, 0.6) is 11.6 Å².